The number of hydrogen-bond donors (Lipinski definition) is 0. The Morgan fingerprint density at radius 3 is 1.53 bits per heavy atom. The standard InChI is InChI=1S/C34H16/c1-2-8-22-21(7-1)25-14-13-17-11-12-20-15-18-5-3-9-23-24-10-4-6-19-16-26(22)32-31(25)29(17)30(20)33(27(18)23)34(32)28(19)24/h1-16H. The molecule has 10 aromatic rings. The van der Waals surface area contributed by atoms with Crippen LogP contribution in [0.2, 0.25) is 0 Å². The quantitative estimate of drug-likeness (QED) is 0.168. The van der Waals surface area contributed by atoms with E-state index in [4.69, 9.17) is 0 Å². The molecule has 10 aromatic carbocycles. The number of rotatable bonds is 0. The zero-order valence-corrected chi connectivity index (χ0v) is 18.2. The van der Waals surface area contributed by atoms with E-state index in [1.165, 1.54) is 97.0 Å². The van der Waals surface area contributed by atoms with Crippen LogP contribution in [0.15, 0.2) is 97.1 Å². The molecule has 0 aliphatic carbocycles. The molecule has 0 amide bonds. The second-order valence-electron chi connectivity index (χ2n) is 10.0. The third-order valence-electron chi connectivity index (χ3n) is 8.59. The molecule has 0 N–H and O–H groups in total. The molecule has 0 nitrogen and oxygen atoms in total. The second kappa shape index (κ2) is 5.05. The molecular weight excluding hydrogens is 408 g/mol. The van der Waals surface area contributed by atoms with Crippen LogP contribution in [-0.4, -0.2) is 0 Å². The third kappa shape index (κ3) is 1.54. The summed E-state index contributed by atoms with van der Waals surface area (Å²) in [5.74, 6) is 0. The molecule has 10 rings (SSSR count). The van der Waals surface area contributed by atoms with Crippen LogP contribution in [0.25, 0.3) is 97.0 Å². The molecule has 0 heterocycles. The van der Waals surface area contributed by atoms with Gasteiger partial charge in [-0.1, -0.05) is 84.9 Å². The Morgan fingerprint density at radius 1 is 0.235 bits per heavy atom. The number of fused-ring (bicyclic) bond motifs is 4. The zero-order valence-electron chi connectivity index (χ0n) is 18.2. The van der Waals surface area contributed by atoms with Crippen molar-refractivity contribution in [3.8, 4) is 0 Å². The van der Waals surface area contributed by atoms with Gasteiger partial charge in [0.15, 0.2) is 0 Å². The first kappa shape index (κ1) is 16.2. The van der Waals surface area contributed by atoms with Gasteiger partial charge in [0.05, 0.1) is 0 Å². The van der Waals surface area contributed by atoms with E-state index in [1.807, 2.05) is 0 Å². The van der Waals surface area contributed by atoms with Crippen molar-refractivity contribution >= 4 is 97.0 Å². The largest absolute Gasteiger partial charge is 0.0616 e. The van der Waals surface area contributed by atoms with E-state index in [-0.39, 0.29) is 0 Å². The van der Waals surface area contributed by atoms with Crippen molar-refractivity contribution in [3.05, 3.63) is 97.1 Å². The van der Waals surface area contributed by atoms with Gasteiger partial charge in [-0.2, -0.15) is 0 Å². The van der Waals surface area contributed by atoms with E-state index in [2.05, 4.69) is 97.1 Å². The van der Waals surface area contributed by atoms with Crippen LogP contribution in [0, 0.1) is 0 Å². The van der Waals surface area contributed by atoms with Gasteiger partial charge in [0.1, 0.15) is 0 Å². The first-order chi connectivity index (χ1) is 16.9. The predicted molar refractivity (Wildman–Crippen MR) is 149 cm³/mol. The zero-order chi connectivity index (χ0) is 21.7. The minimum Gasteiger partial charge on any atom is -0.0616 e. The summed E-state index contributed by atoms with van der Waals surface area (Å²) in [4.78, 5) is 0. The fourth-order valence-electron chi connectivity index (χ4n) is 7.40. The van der Waals surface area contributed by atoms with Crippen LogP contribution in [-0.2, 0) is 0 Å². The molecule has 0 spiro atoms. The minimum absolute atomic E-state index is 1.34. The second-order valence-corrected chi connectivity index (χ2v) is 10.0. The van der Waals surface area contributed by atoms with Crippen molar-refractivity contribution in [3.63, 3.8) is 0 Å². The first-order valence-electron chi connectivity index (χ1n) is 12.0. The topological polar surface area (TPSA) is 0 Å². The summed E-state index contributed by atoms with van der Waals surface area (Å²) in [5, 5.41) is 25.1. The van der Waals surface area contributed by atoms with Gasteiger partial charge in [-0.15, -0.1) is 0 Å². The first-order valence-corrected chi connectivity index (χ1v) is 12.0. The monoisotopic (exact) mass is 424 g/mol. The Kier molecular flexibility index (Phi) is 2.41. The summed E-state index contributed by atoms with van der Waals surface area (Å²) in [7, 11) is 0. The molecule has 0 aromatic heterocycles. The molecule has 0 fully saturated rings. The van der Waals surface area contributed by atoms with Gasteiger partial charge < -0.3 is 0 Å². The summed E-state index contributed by atoms with van der Waals surface area (Å²) in [5.41, 5.74) is 0. The normalized spacial score (nSPS) is 13.3. The Morgan fingerprint density at radius 2 is 0.735 bits per heavy atom. The Hall–Kier alpha value is -4.42. The Balaban J connectivity index is 1.79. The molecular formula is C34H16. The highest BCUT2D eigenvalue weighted by Crippen LogP contribution is 2.54. The van der Waals surface area contributed by atoms with Crippen LogP contribution >= 0.6 is 0 Å². The average molecular weight is 425 g/mol. The SMILES string of the molecule is c1ccc2c(c1)c1ccc3ccc4cc5cccc6c7cccc8cc2c2c1c3c4c(c56)c2c87. The number of hydrogen-bond acceptors (Lipinski definition) is 0. The predicted octanol–water partition coefficient (Wildman–Crippen LogP) is 9.82. The molecule has 0 heteroatoms. The highest BCUT2D eigenvalue weighted by atomic mass is 14.3. The molecule has 0 unspecified atom stereocenters. The van der Waals surface area contributed by atoms with Gasteiger partial charge in [0, 0.05) is 0 Å². The van der Waals surface area contributed by atoms with E-state index in [0.717, 1.165) is 0 Å². The molecule has 34 heavy (non-hydrogen) atoms. The summed E-state index contributed by atoms with van der Waals surface area (Å²) in [6, 6.07) is 36.9. The third-order valence-corrected chi connectivity index (χ3v) is 8.59. The van der Waals surface area contributed by atoms with Gasteiger partial charge >= 0.3 is 0 Å². The van der Waals surface area contributed by atoms with Crippen molar-refractivity contribution < 1.29 is 0 Å². The lowest BCUT2D eigenvalue weighted by Crippen LogP contribution is -1.96. The summed E-state index contributed by atoms with van der Waals surface area (Å²) < 4.78 is 0. The fourth-order valence-corrected chi connectivity index (χ4v) is 7.40. The maximum atomic E-state index is 2.46. The smallest absolute Gasteiger partial charge is 0.0000929 e. The molecule has 0 aliphatic heterocycles. The minimum atomic E-state index is 1.34. The number of benzene rings is 10. The van der Waals surface area contributed by atoms with E-state index < -0.39 is 0 Å². The van der Waals surface area contributed by atoms with Gasteiger partial charge in [-0.05, 0) is 109 Å². The Bertz CT molecular complexity index is 2420. The Labute approximate surface area is 193 Å². The maximum Gasteiger partial charge on any atom is -0.0000929 e. The summed E-state index contributed by atoms with van der Waals surface area (Å²) in [6.45, 7) is 0. The molecule has 0 saturated carbocycles. The lowest BCUT2D eigenvalue weighted by molar-refractivity contribution is 1.80. The lowest BCUT2D eigenvalue weighted by atomic mass is 9.78. The lowest BCUT2D eigenvalue weighted by Gasteiger charge is -2.25. The molecule has 0 saturated heterocycles. The molecule has 152 valence electrons. The van der Waals surface area contributed by atoms with Crippen LogP contribution in [0.5, 0.6) is 0 Å². The van der Waals surface area contributed by atoms with E-state index in [9.17, 15) is 0 Å². The summed E-state index contributed by atoms with van der Waals surface area (Å²) in [6.07, 6.45) is 0. The maximum absolute atomic E-state index is 2.46. The van der Waals surface area contributed by atoms with E-state index >= 15 is 0 Å². The van der Waals surface area contributed by atoms with Crippen LogP contribution in [0.3, 0.4) is 0 Å². The van der Waals surface area contributed by atoms with Crippen molar-refractivity contribution in [2.75, 3.05) is 0 Å². The highest BCUT2D eigenvalue weighted by Gasteiger charge is 2.25. The van der Waals surface area contributed by atoms with Crippen molar-refractivity contribution in [2.24, 2.45) is 0 Å². The van der Waals surface area contributed by atoms with Crippen LogP contribution < -0.4 is 0 Å². The molecule has 0 aliphatic rings. The van der Waals surface area contributed by atoms with Crippen LogP contribution in [0.1, 0.15) is 0 Å². The van der Waals surface area contributed by atoms with Crippen molar-refractivity contribution in [1.29, 1.82) is 0 Å². The highest BCUT2D eigenvalue weighted by molar-refractivity contribution is 6.53. The summed E-state index contributed by atoms with van der Waals surface area (Å²) >= 11 is 0. The van der Waals surface area contributed by atoms with E-state index in [0.29, 0.717) is 0 Å². The molecule has 0 bridgehead atoms. The van der Waals surface area contributed by atoms with Crippen LogP contribution in [0.4, 0.5) is 0 Å². The van der Waals surface area contributed by atoms with Gasteiger partial charge in [-0.25, -0.2) is 0 Å². The van der Waals surface area contributed by atoms with Gasteiger partial charge in [-0.3, -0.25) is 0 Å². The van der Waals surface area contributed by atoms with Crippen molar-refractivity contribution in [1.82, 2.24) is 0 Å². The van der Waals surface area contributed by atoms with Gasteiger partial charge in [0.2, 0.25) is 0 Å². The molecule has 0 atom stereocenters. The fraction of sp³-hybridized carbons (Fsp3) is 0. The van der Waals surface area contributed by atoms with Crippen molar-refractivity contribution in [2.45, 2.75) is 0 Å². The van der Waals surface area contributed by atoms with Gasteiger partial charge in [0.25, 0.3) is 0 Å². The van der Waals surface area contributed by atoms with E-state index in [1.54, 1.807) is 0 Å². The average Bonchev–Trinajstić information content (AvgIpc) is 2.90. The molecule has 0 radical (unpaired) electrons.